The quantitative estimate of drug-likeness (QED) is 0.675. The highest BCUT2D eigenvalue weighted by atomic mass is 16.4. The molecule has 0 aromatic rings. The summed E-state index contributed by atoms with van der Waals surface area (Å²) in [5.74, 6) is -1.32. The van der Waals surface area contributed by atoms with Crippen molar-refractivity contribution in [2.75, 3.05) is 6.54 Å². The van der Waals surface area contributed by atoms with Crippen molar-refractivity contribution < 1.29 is 14.7 Å². The van der Waals surface area contributed by atoms with Gasteiger partial charge in [0.05, 0.1) is 12.0 Å². The van der Waals surface area contributed by atoms with E-state index in [0.717, 1.165) is 19.3 Å². The summed E-state index contributed by atoms with van der Waals surface area (Å²) in [4.78, 5) is 22.5. The Morgan fingerprint density at radius 2 is 2.15 bits per heavy atom. The van der Waals surface area contributed by atoms with Crippen molar-refractivity contribution in [1.82, 2.24) is 10.6 Å². The highest BCUT2D eigenvalue weighted by Crippen LogP contribution is 2.19. The van der Waals surface area contributed by atoms with Gasteiger partial charge in [-0.1, -0.05) is 23.8 Å². The second-order valence-corrected chi connectivity index (χ2v) is 5.43. The van der Waals surface area contributed by atoms with Gasteiger partial charge in [0.1, 0.15) is 0 Å². The first-order chi connectivity index (χ1) is 9.65. The van der Waals surface area contributed by atoms with Gasteiger partial charge < -0.3 is 15.7 Å². The van der Waals surface area contributed by atoms with Crippen LogP contribution in [0.5, 0.6) is 0 Å². The Balaban J connectivity index is 1.62. The minimum absolute atomic E-state index is 0.176. The lowest BCUT2D eigenvalue weighted by Crippen LogP contribution is -2.41. The second kappa shape index (κ2) is 7.12. The normalized spacial score (nSPS) is 25.1. The highest BCUT2D eigenvalue weighted by molar-refractivity contribution is 5.76. The number of hydrogen-bond donors (Lipinski definition) is 3. The molecule has 0 aliphatic heterocycles. The van der Waals surface area contributed by atoms with Gasteiger partial charge in [-0.2, -0.15) is 0 Å². The van der Waals surface area contributed by atoms with Gasteiger partial charge in [0.15, 0.2) is 0 Å². The Hall–Kier alpha value is -1.78. The van der Waals surface area contributed by atoms with Crippen molar-refractivity contribution in [3.8, 4) is 0 Å². The van der Waals surface area contributed by atoms with Crippen LogP contribution < -0.4 is 10.6 Å². The number of carboxylic acid groups (broad SMARTS) is 1. The molecule has 0 saturated carbocycles. The molecule has 0 spiro atoms. The fourth-order valence-electron chi connectivity index (χ4n) is 2.68. The van der Waals surface area contributed by atoms with E-state index in [1.807, 2.05) is 0 Å². The molecule has 2 amide bonds. The van der Waals surface area contributed by atoms with Crippen molar-refractivity contribution in [2.45, 2.75) is 44.6 Å². The summed E-state index contributed by atoms with van der Waals surface area (Å²) in [6.45, 7) is 0.635. The average Bonchev–Trinajstić information content (AvgIpc) is 2.88. The molecule has 0 aromatic heterocycles. The smallest absolute Gasteiger partial charge is 0.315 e. The summed E-state index contributed by atoms with van der Waals surface area (Å²) in [6.07, 6.45) is 11.8. The van der Waals surface area contributed by atoms with Crippen molar-refractivity contribution in [3.63, 3.8) is 0 Å². The van der Waals surface area contributed by atoms with E-state index in [-0.39, 0.29) is 12.1 Å². The Kier molecular flexibility index (Phi) is 5.21. The van der Waals surface area contributed by atoms with E-state index >= 15 is 0 Å². The van der Waals surface area contributed by atoms with Crippen LogP contribution in [0.3, 0.4) is 0 Å². The number of nitrogens with one attached hydrogen (secondary N) is 2. The van der Waals surface area contributed by atoms with Crippen molar-refractivity contribution in [3.05, 3.63) is 23.8 Å². The summed E-state index contributed by atoms with van der Waals surface area (Å²) in [5.41, 5.74) is 1.43. The minimum Gasteiger partial charge on any atom is -0.481 e. The highest BCUT2D eigenvalue weighted by Gasteiger charge is 2.25. The van der Waals surface area contributed by atoms with Crippen LogP contribution in [0, 0.1) is 5.92 Å². The van der Waals surface area contributed by atoms with Crippen LogP contribution in [0.4, 0.5) is 4.79 Å². The van der Waals surface area contributed by atoms with E-state index < -0.39 is 11.9 Å². The number of amides is 2. The molecule has 5 heteroatoms. The zero-order chi connectivity index (χ0) is 14.4. The molecular weight excluding hydrogens is 256 g/mol. The van der Waals surface area contributed by atoms with Gasteiger partial charge in [0.2, 0.25) is 0 Å². The molecule has 3 N–H and O–H groups in total. The van der Waals surface area contributed by atoms with Crippen LogP contribution in [0.1, 0.15) is 38.5 Å². The lowest BCUT2D eigenvalue weighted by atomic mass is 9.97. The maximum atomic E-state index is 11.7. The molecule has 2 aliphatic carbocycles. The number of rotatable bonds is 5. The fraction of sp³-hybridized carbons (Fsp3) is 0.600. The maximum Gasteiger partial charge on any atom is 0.315 e. The summed E-state index contributed by atoms with van der Waals surface area (Å²) < 4.78 is 0. The zero-order valence-electron chi connectivity index (χ0n) is 11.6. The Morgan fingerprint density at radius 1 is 1.30 bits per heavy atom. The molecule has 2 atom stereocenters. The molecule has 110 valence electrons. The molecule has 2 aliphatic rings. The number of carbonyl (C=O) groups is 2. The maximum absolute atomic E-state index is 11.7. The molecule has 0 saturated heterocycles. The van der Waals surface area contributed by atoms with Gasteiger partial charge in [-0.05, 0) is 38.5 Å². The number of hydrogen-bond acceptors (Lipinski definition) is 2. The molecule has 0 bridgehead atoms. The van der Waals surface area contributed by atoms with Crippen LogP contribution in [0.15, 0.2) is 23.8 Å². The molecule has 2 rings (SSSR count). The van der Waals surface area contributed by atoms with E-state index in [0.29, 0.717) is 13.0 Å². The number of carboxylic acids is 1. The predicted molar refractivity (Wildman–Crippen MR) is 76.4 cm³/mol. The predicted octanol–water partition coefficient (Wildman–Crippen LogP) is 2.21. The molecule has 20 heavy (non-hydrogen) atoms. The van der Waals surface area contributed by atoms with E-state index in [4.69, 9.17) is 5.11 Å². The van der Waals surface area contributed by atoms with Crippen LogP contribution in [0.2, 0.25) is 0 Å². The first kappa shape index (κ1) is 14.6. The van der Waals surface area contributed by atoms with Crippen LogP contribution in [-0.4, -0.2) is 29.7 Å². The summed E-state index contributed by atoms with van der Waals surface area (Å²) >= 11 is 0. The van der Waals surface area contributed by atoms with E-state index in [9.17, 15) is 9.59 Å². The molecule has 0 fully saturated rings. The standard InChI is InChI=1S/C15H22N2O3/c18-14(19)12-6-7-13(10-12)17-15(20)16-9-8-11-4-2-1-3-5-11/h4,6-7,12-13H,1-3,5,8-10H2,(H,18,19)(H2,16,17,20). The number of allylic oxidation sites excluding steroid dienone is 1. The summed E-state index contributed by atoms with van der Waals surface area (Å²) in [6, 6.07) is -0.396. The largest absolute Gasteiger partial charge is 0.481 e. The van der Waals surface area contributed by atoms with Gasteiger partial charge in [-0.15, -0.1) is 0 Å². The summed E-state index contributed by atoms with van der Waals surface area (Å²) in [7, 11) is 0. The third kappa shape index (κ3) is 4.40. The molecule has 0 radical (unpaired) electrons. The number of carbonyl (C=O) groups excluding carboxylic acids is 1. The summed E-state index contributed by atoms with van der Waals surface area (Å²) in [5, 5.41) is 14.5. The first-order valence-electron chi connectivity index (χ1n) is 7.28. The Bertz CT molecular complexity index is 429. The molecule has 0 heterocycles. The van der Waals surface area contributed by atoms with Gasteiger partial charge >= 0.3 is 12.0 Å². The second-order valence-electron chi connectivity index (χ2n) is 5.43. The van der Waals surface area contributed by atoms with Crippen LogP contribution in [0.25, 0.3) is 0 Å². The van der Waals surface area contributed by atoms with Crippen LogP contribution in [-0.2, 0) is 4.79 Å². The van der Waals surface area contributed by atoms with Gasteiger partial charge in [0.25, 0.3) is 0 Å². The lowest BCUT2D eigenvalue weighted by Gasteiger charge is -2.15. The minimum atomic E-state index is -0.838. The lowest BCUT2D eigenvalue weighted by molar-refractivity contribution is -0.140. The van der Waals surface area contributed by atoms with E-state index in [1.165, 1.54) is 18.4 Å². The molecule has 2 unspecified atom stereocenters. The third-order valence-corrected chi connectivity index (χ3v) is 3.83. The SMILES string of the molecule is O=C(NCCC1=CCCCC1)NC1C=CC(C(=O)O)C1. The average molecular weight is 278 g/mol. The third-order valence-electron chi connectivity index (χ3n) is 3.83. The number of aliphatic carboxylic acids is 1. The number of urea groups is 1. The topological polar surface area (TPSA) is 78.4 Å². The van der Waals surface area contributed by atoms with Crippen molar-refractivity contribution >= 4 is 12.0 Å². The van der Waals surface area contributed by atoms with E-state index in [1.54, 1.807) is 12.2 Å². The van der Waals surface area contributed by atoms with Gasteiger partial charge in [-0.25, -0.2) is 4.79 Å². The van der Waals surface area contributed by atoms with Crippen LogP contribution >= 0.6 is 0 Å². The van der Waals surface area contributed by atoms with E-state index in [2.05, 4.69) is 16.7 Å². The van der Waals surface area contributed by atoms with Gasteiger partial charge in [-0.3, -0.25) is 4.79 Å². The Labute approximate surface area is 119 Å². The molecular formula is C15H22N2O3. The monoisotopic (exact) mass is 278 g/mol. The molecule has 0 aromatic carbocycles. The first-order valence-corrected chi connectivity index (χ1v) is 7.28. The van der Waals surface area contributed by atoms with Crippen molar-refractivity contribution in [1.29, 1.82) is 0 Å². The Morgan fingerprint density at radius 3 is 2.80 bits per heavy atom. The fourth-order valence-corrected chi connectivity index (χ4v) is 2.68. The van der Waals surface area contributed by atoms with Gasteiger partial charge in [0, 0.05) is 6.54 Å². The zero-order valence-corrected chi connectivity index (χ0v) is 11.6. The molecule has 5 nitrogen and oxygen atoms in total. The van der Waals surface area contributed by atoms with Crippen molar-refractivity contribution in [2.24, 2.45) is 5.92 Å².